The van der Waals surface area contributed by atoms with Crippen LogP contribution in [-0.2, 0) is 0 Å². The van der Waals surface area contributed by atoms with Gasteiger partial charge >= 0.3 is 0 Å². The normalized spacial score (nSPS) is 36.3. The molecule has 0 aromatic rings. The van der Waals surface area contributed by atoms with Crippen molar-refractivity contribution in [1.82, 2.24) is 0 Å². The summed E-state index contributed by atoms with van der Waals surface area (Å²) in [4.78, 5) is 0. The van der Waals surface area contributed by atoms with Crippen molar-refractivity contribution in [2.24, 2.45) is 0 Å². The molecule has 0 aromatic carbocycles. The van der Waals surface area contributed by atoms with Gasteiger partial charge in [-0.15, -0.1) is 0 Å². The molecule has 0 N–H and O–H groups in total. The molecule has 2 aliphatic heterocycles. The van der Waals surface area contributed by atoms with Crippen molar-refractivity contribution >= 4 is 0 Å². The molecule has 2 aliphatic rings. The lowest BCUT2D eigenvalue weighted by Gasteiger charge is -2.43. The molecule has 0 bridgehead atoms. The van der Waals surface area contributed by atoms with Gasteiger partial charge in [0.1, 0.15) is 0 Å². The van der Waals surface area contributed by atoms with E-state index >= 15 is 0 Å². The summed E-state index contributed by atoms with van der Waals surface area (Å²) in [5.74, 6) is 0. The van der Waals surface area contributed by atoms with Gasteiger partial charge in [0.15, 0.2) is 0 Å². The highest BCUT2D eigenvalue weighted by atomic mass is 15.4. The molecule has 1 spiro atoms. The molecule has 2 saturated heterocycles. The summed E-state index contributed by atoms with van der Waals surface area (Å²) in [5, 5.41) is 0. The maximum Gasteiger partial charge on any atom is 0.0861 e. The topological polar surface area (TPSA) is 0 Å². The van der Waals surface area contributed by atoms with Crippen LogP contribution in [0.2, 0.25) is 0 Å². The summed E-state index contributed by atoms with van der Waals surface area (Å²) in [6, 6.07) is 0.978. The summed E-state index contributed by atoms with van der Waals surface area (Å²) in [7, 11) is 0. The van der Waals surface area contributed by atoms with Gasteiger partial charge < -0.3 is 4.48 Å². The van der Waals surface area contributed by atoms with Gasteiger partial charge in [0, 0.05) is 12.8 Å². The fraction of sp³-hybridized carbons (Fsp3) is 1.00. The van der Waals surface area contributed by atoms with E-state index in [2.05, 4.69) is 6.92 Å². The number of nitrogens with zero attached hydrogens (tertiary/aromatic N) is 1. The number of hydrogen-bond acceptors (Lipinski definition) is 0. The minimum Gasteiger partial charge on any atom is -0.321 e. The van der Waals surface area contributed by atoms with Crippen molar-refractivity contribution in [2.45, 2.75) is 45.1 Å². The van der Waals surface area contributed by atoms with Crippen molar-refractivity contribution in [3.8, 4) is 0 Å². The second kappa shape index (κ2) is 2.78. The average molecular weight is 154 g/mol. The maximum absolute atomic E-state index is 2.46. The first-order valence-electron chi connectivity index (χ1n) is 5.19. The first kappa shape index (κ1) is 7.60. The lowest BCUT2D eigenvalue weighted by Crippen LogP contribution is -2.54. The number of piperidine rings is 1. The summed E-state index contributed by atoms with van der Waals surface area (Å²) in [6.45, 7) is 6.92. The molecule has 0 aliphatic carbocycles. The van der Waals surface area contributed by atoms with Crippen LogP contribution in [0.3, 0.4) is 0 Å². The zero-order valence-corrected chi connectivity index (χ0v) is 7.68. The fourth-order valence-electron chi connectivity index (χ4n) is 2.99. The molecular weight excluding hydrogens is 134 g/mol. The van der Waals surface area contributed by atoms with Gasteiger partial charge in [0.05, 0.1) is 25.7 Å². The van der Waals surface area contributed by atoms with Crippen LogP contribution in [0.4, 0.5) is 0 Å². The molecule has 0 unspecified atom stereocenters. The molecule has 0 saturated carbocycles. The van der Waals surface area contributed by atoms with Gasteiger partial charge in [-0.25, -0.2) is 0 Å². The molecule has 0 radical (unpaired) electrons. The van der Waals surface area contributed by atoms with Crippen molar-refractivity contribution in [3.63, 3.8) is 0 Å². The predicted octanol–water partition coefficient (Wildman–Crippen LogP) is 2.17. The second-order valence-electron chi connectivity index (χ2n) is 4.44. The predicted molar refractivity (Wildman–Crippen MR) is 47.4 cm³/mol. The van der Waals surface area contributed by atoms with Crippen molar-refractivity contribution in [1.29, 1.82) is 0 Å². The minimum absolute atomic E-state index is 0.978. The molecular formula is C10H20N+. The van der Waals surface area contributed by atoms with E-state index in [0.29, 0.717) is 0 Å². The lowest BCUT2D eigenvalue weighted by molar-refractivity contribution is -0.943. The van der Waals surface area contributed by atoms with Crippen LogP contribution in [0.15, 0.2) is 0 Å². The first-order chi connectivity index (χ1) is 5.33. The van der Waals surface area contributed by atoms with E-state index in [9.17, 15) is 0 Å². The Morgan fingerprint density at radius 2 is 1.45 bits per heavy atom. The van der Waals surface area contributed by atoms with Gasteiger partial charge in [-0.3, -0.25) is 0 Å². The largest absolute Gasteiger partial charge is 0.321 e. The highest BCUT2D eigenvalue weighted by molar-refractivity contribution is 4.66. The summed E-state index contributed by atoms with van der Waals surface area (Å²) in [5.41, 5.74) is 0. The van der Waals surface area contributed by atoms with Crippen molar-refractivity contribution < 1.29 is 4.48 Å². The Morgan fingerprint density at radius 1 is 0.909 bits per heavy atom. The van der Waals surface area contributed by atoms with E-state index in [1.54, 1.807) is 0 Å². The number of rotatable bonds is 0. The average Bonchev–Trinajstić information content (AvgIpc) is 2.46. The molecule has 1 atom stereocenters. The Balaban J connectivity index is 2.07. The Morgan fingerprint density at radius 3 is 2.00 bits per heavy atom. The lowest BCUT2D eigenvalue weighted by atomic mass is 10.0. The zero-order chi connectivity index (χ0) is 7.73. The smallest absolute Gasteiger partial charge is 0.0861 e. The Kier molecular flexibility index (Phi) is 1.92. The Hall–Kier alpha value is -0.0400. The second-order valence-corrected chi connectivity index (χ2v) is 4.44. The van der Waals surface area contributed by atoms with Crippen molar-refractivity contribution in [3.05, 3.63) is 0 Å². The zero-order valence-electron chi connectivity index (χ0n) is 7.68. The van der Waals surface area contributed by atoms with E-state index in [0.717, 1.165) is 6.04 Å². The minimum atomic E-state index is 0.978. The Labute approximate surface area is 70.0 Å². The molecule has 0 amide bonds. The van der Waals surface area contributed by atoms with Crippen LogP contribution in [0.1, 0.15) is 39.0 Å². The summed E-state index contributed by atoms with van der Waals surface area (Å²) in [6.07, 6.45) is 7.44. The molecule has 64 valence electrons. The van der Waals surface area contributed by atoms with Crippen LogP contribution in [0, 0.1) is 0 Å². The monoisotopic (exact) mass is 154 g/mol. The van der Waals surface area contributed by atoms with E-state index in [-0.39, 0.29) is 0 Å². The quantitative estimate of drug-likeness (QED) is 0.469. The molecule has 11 heavy (non-hydrogen) atoms. The molecule has 2 fully saturated rings. The van der Waals surface area contributed by atoms with Crippen LogP contribution in [0.5, 0.6) is 0 Å². The third kappa shape index (κ3) is 1.20. The highest BCUT2D eigenvalue weighted by Gasteiger charge is 2.38. The van der Waals surface area contributed by atoms with E-state index in [1.165, 1.54) is 56.2 Å². The SMILES string of the molecule is C[C@H]1CCCC[N+]12CCCC2. The van der Waals surface area contributed by atoms with Crippen molar-refractivity contribution in [2.75, 3.05) is 19.6 Å². The van der Waals surface area contributed by atoms with Crippen LogP contribution >= 0.6 is 0 Å². The molecule has 1 nitrogen and oxygen atoms in total. The van der Waals surface area contributed by atoms with Gasteiger partial charge in [0.2, 0.25) is 0 Å². The molecule has 2 rings (SSSR count). The standard InChI is InChI=1S/C10H20N/c1-10-6-2-3-7-11(10)8-4-5-9-11/h10H,2-9H2,1H3/q+1/t10-/m0/s1. The molecule has 2 heterocycles. The third-order valence-electron chi connectivity index (χ3n) is 3.87. The number of hydrogen-bond donors (Lipinski definition) is 0. The van der Waals surface area contributed by atoms with E-state index < -0.39 is 0 Å². The van der Waals surface area contributed by atoms with Crippen LogP contribution in [-0.4, -0.2) is 30.2 Å². The van der Waals surface area contributed by atoms with Gasteiger partial charge in [-0.1, -0.05) is 0 Å². The van der Waals surface area contributed by atoms with E-state index in [4.69, 9.17) is 0 Å². The van der Waals surface area contributed by atoms with Gasteiger partial charge in [-0.05, 0) is 26.2 Å². The van der Waals surface area contributed by atoms with Crippen LogP contribution < -0.4 is 0 Å². The summed E-state index contributed by atoms with van der Waals surface area (Å²) >= 11 is 0. The molecule has 1 heteroatoms. The van der Waals surface area contributed by atoms with Gasteiger partial charge in [0.25, 0.3) is 0 Å². The summed E-state index contributed by atoms with van der Waals surface area (Å²) < 4.78 is 1.49. The van der Waals surface area contributed by atoms with Crippen LogP contribution in [0.25, 0.3) is 0 Å². The third-order valence-corrected chi connectivity index (χ3v) is 3.87. The maximum atomic E-state index is 2.46. The Bertz CT molecular complexity index is 136. The van der Waals surface area contributed by atoms with Gasteiger partial charge in [-0.2, -0.15) is 0 Å². The first-order valence-corrected chi connectivity index (χ1v) is 5.19. The number of quaternary nitrogens is 1. The fourth-order valence-corrected chi connectivity index (χ4v) is 2.99. The van der Waals surface area contributed by atoms with E-state index in [1.807, 2.05) is 0 Å². The highest BCUT2D eigenvalue weighted by Crippen LogP contribution is 2.30. The molecule has 0 aromatic heterocycles.